The smallest absolute Gasteiger partial charge is 0.360 e. The van der Waals surface area contributed by atoms with E-state index in [1.165, 1.54) is 11.0 Å². The molecule has 1 heterocycles. The number of hydrogen-bond donors (Lipinski definition) is 0. The Morgan fingerprint density at radius 2 is 1.83 bits per heavy atom. The van der Waals surface area contributed by atoms with Crippen molar-refractivity contribution >= 4 is 27.3 Å². The highest BCUT2D eigenvalue weighted by Gasteiger charge is 2.33. The average molecular weight is 401 g/mol. The van der Waals surface area contributed by atoms with E-state index < -0.39 is 18.5 Å². The molecule has 1 aliphatic heterocycles. The number of anilines is 1. The first kappa shape index (κ1) is 17.0. The first-order chi connectivity index (χ1) is 11.3. The molecule has 0 atom stereocenters. The van der Waals surface area contributed by atoms with Gasteiger partial charge in [0.05, 0.1) is 12.3 Å². The summed E-state index contributed by atoms with van der Waals surface area (Å²) in [5.74, 6) is -0.452. The molecular formula is C17H13BrF4N2. The van der Waals surface area contributed by atoms with Crippen LogP contribution < -0.4 is 4.90 Å². The Morgan fingerprint density at radius 1 is 1.08 bits per heavy atom. The van der Waals surface area contributed by atoms with Crippen molar-refractivity contribution in [1.82, 2.24) is 0 Å². The number of aliphatic imine (C=N–C) groups is 1. The third kappa shape index (κ3) is 3.61. The summed E-state index contributed by atoms with van der Waals surface area (Å²) >= 11 is 3.33. The van der Waals surface area contributed by atoms with Crippen molar-refractivity contribution in [1.29, 1.82) is 0 Å². The van der Waals surface area contributed by atoms with Crippen LogP contribution >= 0.6 is 15.9 Å². The first-order valence-electron chi connectivity index (χ1n) is 7.26. The van der Waals surface area contributed by atoms with Gasteiger partial charge in [-0.25, -0.2) is 4.39 Å². The summed E-state index contributed by atoms with van der Waals surface area (Å²) in [6.07, 6.45) is -4.33. The number of alkyl halides is 3. The van der Waals surface area contributed by atoms with E-state index in [2.05, 4.69) is 20.9 Å². The number of benzodiazepines with no additional fused rings is 1. The molecule has 0 fully saturated rings. The molecule has 0 N–H and O–H groups in total. The van der Waals surface area contributed by atoms with Gasteiger partial charge in [0.1, 0.15) is 12.4 Å². The van der Waals surface area contributed by atoms with Crippen LogP contribution in [-0.4, -0.2) is 31.5 Å². The fourth-order valence-electron chi connectivity index (χ4n) is 2.73. The van der Waals surface area contributed by atoms with E-state index >= 15 is 0 Å². The van der Waals surface area contributed by atoms with Crippen LogP contribution in [0.3, 0.4) is 0 Å². The summed E-state index contributed by atoms with van der Waals surface area (Å²) in [6, 6.07) is 11.1. The van der Waals surface area contributed by atoms with Gasteiger partial charge in [0, 0.05) is 27.8 Å². The summed E-state index contributed by atoms with van der Waals surface area (Å²) in [5, 5.41) is 0. The van der Waals surface area contributed by atoms with Crippen LogP contribution in [0.1, 0.15) is 11.1 Å². The Balaban J connectivity index is 2.12. The highest BCUT2D eigenvalue weighted by atomic mass is 79.9. The molecule has 0 amide bonds. The van der Waals surface area contributed by atoms with Crippen LogP contribution in [0.4, 0.5) is 23.2 Å². The predicted octanol–water partition coefficient (Wildman–Crippen LogP) is 4.81. The van der Waals surface area contributed by atoms with Crippen LogP contribution in [0.15, 0.2) is 51.9 Å². The maximum absolute atomic E-state index is 14.2. The Bertz CT molecular complexity index is 786. The summed E-state index contributed by atoms with van der Waals surface area (Å²) < 4.78 is 53.5. The standard InChI is InChI=1S/C17H13BrF4N2/c18-11-5-6-15-13(9-11)16(12-3-1-2-4-14(12)19)23-7-8-24(15)10-17(20,21)22/h1-6,9H,7-8,10H2. The molecule has 0 aliphatic carbocycles. The monoisotopic (exact) mass is 400 g/mol. The van der Waals surface area contributed by atoms with Gasteiger partial charge in [-0.05, 0) is 30.3 Å². The van der Waals surface area contributed by atoms with Crippen molar-refractivity contribution in [2.75, 3.05) is 24.5 Å². The Hall–Kier alpha value is -1.89. The van der Waals surface area contributed by atoms with Crippen molar-refractivity contribution in [2.45, 2.75) is 6.18 Å². The second-order valence-electron chi connectivity index (χ2n) is 5.41. The Labute approximate surface area is 144 Å². The number of rotatable bonds is 2. The number of hydrogen-bond acceptors (Lipinski definition) is 2. The largest absolute Gasteiger partial charge is 0.405 e. The van der Waals surface area contributed by atoms with Gasteiger partial charge in [-0.15, -0.1) is 0 Å². The van der Waals surface area contributed by atoms with Gasteiger partial charge in [-0.1, -0.05) is 28.1 Å². The lowest BCUT2D eigenvalue weighted by molar-refractivity contribution is -0.119. The molecule has 1 aliphatic rings. The van der Waals surface area contributed by atoms with Crippen molar-refractivity contribution in [3.8, 4) is 0 Å². The molecule has 3 rings (SSSR count). The Morgan fingerprint density at radius 3 is 2.54 bits per heavy atom. The van der Waals surface area contributed by atoms with Gasteiger partial charge in [-0.3, -0.25) is 4.99 Å². The zero-order chi connectivity index (χ0) is 17.3. The molecule has 0 spiro atoms. The molecule has 2 nitrogen and oxygen atoms in total. The average Bonchev–Trinajstić information content (AvgIpc) is 2.66. The third-order valence-corrected chi connectivity index (χ3v) is 4.19. The van der Waals surface area contributed by atoms with Crippen molar-refractivity contribution in [3.05, 3.63) is 63.9 Å². The number of benzene rings is 2. The summed E-state index contributed by atoms with van der Waals surface area (Å²) in [7, 11) is 0. The SMILES string of the molecule is Fc1ccccc1C1=NCCN(CC(F)(F)F)c2ccc(Br)cc21. The minimum absolute atomic E-state index is 0.117. The fraction of sp³-hybridized carbons (Fsp3) is 0.235. The molecule has 126 valence electrons. The normalized spacial score (nSPS) is 14.9. The minimum Gasteiger partial charge on any atom is -0.360 e. The summed E-state index contributed by atoms with van der Waals surface area (Å²) in [5.41, 5.74) is 1.53. The lowest BCUT2D eigenvalue weighted by Gasteiger charge is -2.26. The molecule has 0 radical (unpaired) electrons. The van der Waals surface area contributed by atoms with Gasteiger partial charge < -0.3 is 4.90 Å². The molecule has 0 aromatic heterocycles. The topological polar surface area (TPSA) is 15.6 Å². The third-order valence-electron chi connectivity index (χ3n) is 3.69. The second kappa shape index (κ2) is 6.55. The van der Waals surface area contributed by atoms with Crippen LogP contribution in [0, 0.1) is 5.82 Å². The van der Waals surface area contributed by atoms with Crippen LogP contribution in [0.2, 0.25) is 0 Å². The number of fused-ring (bicyclic) bond motifs is 1. The molecule has 7 heteroatoms. The highest BCUT2D eigenvalue weighted by Crippen LogP contribution is 2.32. The molecule has 0 saturated heterocycles. The quantitative estimate of drug-likeness (QED) is 0.660. The predicted molar refractivity (Wildman–Crippen MR) is 89.3 cm³/mol. The van der Waals surface area contributed by atoms with Crippen LogP contribution in [0.5, 0.6) is 0 Å². The van der Waals surface area contributed by atoms with Crippen molar-refractivity contribution in [2.24, 2.45) is 4.99 Å². The van der Waals surface area contributed by atoms with Crippen LogP contribution in [-0.2, 0) is 0 Å². The molecule has 24 heavy (non-hydrogen) atoms. The van der Waals surface area contributed by atoms with Gasteiger partial charge in [0.25, 0.3) is 0 Å². The second-order valence-corrected chi connectivity index (χ2v) is 6.32. The lowest BCUT2D eigenvalue weighted by Crippen LogP contribution is -2.36. The van der Waals surface area contributed by atoms with E-state index in [-0.39, 0.29) is 18.7 Å². The van der Waals surface area contributed by atoms with E-state index in [9.17, 15) is 17.6 Å². The summed E-state index contributed by atoms with van der Waals surface area (Å²) in [4.78, 5) is 5.60. The Kier molecular flexibility index (Phi) is 4.62. The number of nitrogens with zero attached hydrogens (tertiary/aromatic N) is 2. The molecule has 2 aromatic carbocycles. The van der Waals surface area contributed by atoms with Crippen LogP contribution in [0.25, 0.3) is 0 Å². The highest BCUT2D eigenvalue weighted by molar-refractivity contribution is 9.10. The number of halogens is 5. The zero-order valence-corrected chi connectivity index (χ0v) is 14.0. The van der Waals surface area contributed by atoms with Crippen molar-refractivity contribution in [3.63, 3.8) is 0 Å². The zero-order valence-electron chi connectivity index (χ0n) is 12.4. The van der Waals surface area contributed by atoms with E-state index in [1.54, 1.807) is 36.4 Å². The van der Waals surface area contributed by atoms with Gasteiger partial charge in [0.2, 0.25) is 0 Å². The van der Waals surface area contributed by atoms with E-state index in [1.807, 2.05) is 0 Å². The van der Waals surface area contributed by atoms with Gasteiger partial charge in [-0.2, -0.15) is 13.2 Å². The maximum Gasteiger partial charge on any atom is 0.405 e. The molecule has 0 unspecified atom stereocenters. The molecule has 0 saturated carbocycles. The maximum atomic E-state index is 14.2. The fourth-order valence-corrected chi connectivity index (χ4v) is 3.09. The molecule has 2 aromatic rings. The van der Waals surface area contributed by atoms with Gasteiger partial charge >= 0.3 is 6.18 Å². The minimum atomic E-state index is -4.33. The first-order valence-corrected chi connectivity index (χ1v) is 8.05. The lowest BCUT2D eigenvalue weighted by atomic mass is 9.99. The van der Waals surface area contributed by atoms with Gasteiger partial charge in [0.15, 0.2) is 0 Å². The summed E-state index contributed by atoms with van der Waals surface area (Å²) in [6.45, 7) is -0.792. The van der Waals surface area contributed by atoms with E-state index in [0.717, 1.165) is 0 Å². The van der Waals surface area contributed by atoms with E-state index in [0.29, 0.717) is 21.4 Å². The molecule has 0 bridgehead atoms. The molecular weight excluding hydrogens is 388 g/mol. The van der Waals surface area contributed by atoms with Crippen molar-refractivity contribution < 1.29 is 17.6 Å². The van der Waals surface area contributed by atoms with E-state index in [4.69, 9.17) is 0 Å².